The van der Waals surface area contributed by atoms with Gasteiger partial charge in [-0.05, 0) is 37.4 Å². The lowest BCUT2D eigenvalue weighted by Crippen LogP contribution is -2.37. The number of likely N-dealkylation sites (tertiary alicyclic amines) is 1. The molecule has 0 aliphatic carbocycles. The van der Waals surface area contributed by atoms with E-state index in [1.165, 1.54) is 12.8 Å². The highest BCUT2D eigenvalue weighted by molar-refractivity contribution is 5.75. The summed E-state index contributed by atoms with van der Waals surface area (Å²) in [7, 11) is 0. The molecule has 0 bridgehead atoms. The molecule has 1 amide bonds. The van der Waals surface area contributed by atoms with Crippen LogP contribution in [0.15, 0.2) is 34.9 Å². The molecule has 0 radical (unpaired) electrons. The maximum atomic E-state index is 12.0. The summed E-state index contributed by atoms with van der Waals surface area (Å²) in [6, 6.07) is 9.60. The summed E-state index contributed by atoms with van der Waals surface area (Å²) in [5, 5.41) is 6.78. The van der Waals surface area contributed by atoms with Crippen LogP contribution in [-0.4, -0.2) is 40.6 Å². The van der Waals surface area contributed by atoms with E-state index in [2.05, 4.69) is 27.3 Å². The number of nitrogens with one attached hydrogen (secondary N) is 1. The van der Waals surface area contributed by atoms with Gasteiger partial charge < -0.3 is 14.7 Å². The highest BCUT2D eigenvalue weighted by atomic mass is 16.5. The lowest BCUT2D eigenvalue weighted by Gasteiger charge is -2.30. The van der Waals surface area contributed by atoms with E-state index < -0.39 is 0 Å². The van der Waals surface area contributed by atoms with E-state index in [4.69, 9.17) is 4.52 Å². The molecule has 2 heterocycles. The second-order valence-electron chi connectivity index (χ2n) is 6.46. The first-order chi connectivity index (χ1) is 11.7. The van der Waals surface area contributed by atoms with Crippen molar-refractivity contribution in [3.63, 3.8) is 0 Å². The lowest BCUT2D eigenvalue weighted by molar-refractivity contribution is -0.121. The zero-order valence-corrected chi connectivity index (χ0v) is 14.1. The number of aromatic nitrogens is 2. The Morgan fingerprint density at radius 3 is 3.00 bits per heavy atom. The van der Waals surface area contributed by atoms with Crippen LogP contribution in [0.25, 0.3) is 11.5 Å². The molecule has 6 heteroatoms. The number of hydrogen-bond donors (Lipinski definition) is 1. The maximum Gasteiger partial charge on any atom is 0.257 e. The summed E-state index contributed by atoms with van der Waals surface area (Å²) in [5.74, 6) is 1.73. The SMILES string of the molecule is C[C@H]1CCCN(CCC(=O)NCc2noc(-c3ccccc3)n2)C1. The Balaban J connectivity index is 1.42. The van der Waals surface area contributed by atoms with Gasteiger partial charge in [0.15, 0.2) is 5.82 Å². The van der Waals surface area contributed by atoms with E-state index in [0.29, 0.717) is 24.7 Å². The maximum absolute atomic E-state index is 12.0. The van der Waals surface area contributed by atoms with Crippen LogP contribution in [-0.2, 0) is 11.3 Å². The van der Waals surface area contributed by atoms with Crippen molar-refractivity contribution in [2.45, 2.75) is 32.7 Å². The molecule has 1 atom stereocenters. The van der Waals surface area contributed by atoms with Crippen LogP contribution in [0.3, 0.4) is 0 Å². The van der Waals surface area contributed by atoms with Crippen LogP contribution in [0, 0.1) is 5.92 Å². The average molecular weight is 328 g/mol. The fourth-order valence-electron chi connectivity index (χ4n) is 3.04. The Bertz CT molecular complexity index is 656. The molecule has 1 aliphatic rings. The Labute approximate surface area is 142 Å². The van der Waals surface area contributed by atoms with Crippen molar-refractivity contribution < 1.29 is 9.32 Å². The highest BCUT2D eigenvalue weighted by Crippen LogP contribution is 2.16. The van der Waals surface area contributed by atoms with E-state index in [1.54, 1.807) is 0 Å². The molecular formula is C18H24N4O2. The van der Waals surface area contributed by atoms with Crippen molar-refractivity contribution in [2.24, 2.45) is 5.92 Å². The molecule has 0 saturated carbocycles. The zero-order valence-electron chi connectivity index (χ0n) is 14.1. The first-order valence-corrected chi connectivity index (χ1v) is 8.58. The third-order valence-corrected chi connectivity index (χ3v) is 4.33. The van der Waals surface area contributed by atoms with Crippen LogP contribution < -0.4 is 5.32 Å². The zero-order chi connectivity index (χ0) is 16.8. The molecule has 1 fully saturated rings. The average Bonchev–Trinajstić information content (AvgIpc) is 3.08. The molecule has 1 N–H and O–H groups in total. The smallest absolute Gasteiger partial charge is 0.257 e. The number of benzene rings is 1. The Hall–Kier alpha value is -2.21. The second kappa shape index (κ2) is 8.06. The molecule has 0 spiro atoms. The van der Waals surface area contributed by atoms with Crippen LogP contribution >= 0.6 is 0 Å². The van der Waals surface area contributed by atoms with Gasteiger partial charge in [-0.3, -0.25) is 4.79 Å². The molecule has 2 aromatic rings. The van der Waals surface area contributed by atoms with Gasteiger partial charge in [-0.2, -0.15) is 4.98 Å². The number of piperidine rings is 1. The number of rotatable bonds is 6. The van der Waals surface area contributed by atoms with Crippen molar-refractivity contribution in [1.29, 1.82) is 0 Å². The molecule has 1 aliphatic heterocycles. The largest absolute Gasteiger partial charge is 0.349 e. The second-order valence-corrected chi connectivity index (χ2v) is 6.46. The van der Waals surface area contributed by atoms with Crippen molar-refractivity contribution in [3.05, 3.63) is 36.2 Å². The standard InChI is InChI=1S/C18H24N4O2/c1-14-6-5-10-22(13-14)11-9-17(23)19-12-16-20-18(24-21-16)15-7-3-2-4-8-15/h2-4,7-8,14H,5-6,9-13H2,1H3,(H,19,23)/t14-/m0/s1. The summed E-state index contributed by atoms with van der Waals surface area (Å²) in [6.07, 6.45) is 3.04. The summed E-state index contributed by atoms with van der Waals surface area (Å²) in [6.45, 7) is 5.58. The van der Waals surface area contributed by atoms with Crippen LogP contribution in [0.5, 0.6) is 0 Å². The number of carbonyl (C=O) groups is 1. The van der Waals surface area contributed by atoms with Gasteiger partial charge in [0, 0.05) is 25.1 Å². The molecule has 0 unspecified atom stereocenters. The van der Waals surface area contributed by atoms with Crippen molar-refractivity contribution in [1.82, 2.24) is 20.4 Å². The highest BCUT2D eigenvalue weighted by Gasteiger charge is 2.17. The summed E-state index contributed by atoms with van der Waals surface area (Å²) in [4.78, 5) is 18.7. The topological polar surface area (TPSA) is 71.3 Å². The molecule has 128 valence electrons. The van der Waals surface area contributed by atoms with Crippen LogP contribution in [0.2, 0.25) is 0 Å². The van der Waals surface area contributed by atoms with Crippen molar-refractivity contribution in [3.8, 4) is 11.5 Å². The molecular weight excluding hydrogens is 304 g/mol. The lowest BCUT2D eigenvalue weighted by atomic mass is 10.0. The van der Waals surface area contributed by atoms with Crippen molar-refractivity contribution >= 4 is 5.91 Å². The molecule has 6 nitrogen and oxygen atoms in total. The fraction of sp³-hybridized carbons (Fsp3) is 0.500. The van der Waals surface area contributed by atoms with Gasteiger partial charge in [0.25, 0.3) is 5.89 Å². The van der Waals surface area contributed by atoms with Gasteiger partial charge in [0.05, 0.1) is 6.54 Å². The van der Waals surface area contributed by atoms with Crippen molar-refractivity contribution in [2.75, 3.05) is 19.6 Å². The number of hydrogen-bond acceptors (Lipinski definition) is 5. The Morgan fingerprint density at radius 1 is 1.38 bits per heavy atom. The third-order valence-electron chi connectivity index (χ3n) is 4.33. The van der Waals surface area contributed by atoms with Gasteiger partial charge in [0.1, 0.15) is 0 Å². The first-order valence-electron chi connectivity index (χ1n) is 8.58. The minimum atomic E-state index is 0.0271. The minimum Gasteiger partial charge on any atom is -0.349 e. The van der Waals surface area contributed by atoms with E-state index >= 15 is 0 Å². The quantitative estimate of drug-likeness (QED) is 0.882. The van der Waals surface area contributed by atoms with Gasteiger partial charge in [-0.15, -0.1) is 0 Å². The molecule has 1 aromatic heterocycles. The minimum absolute atomic E-state index is 0.0271. The number of carbonyl (C=O) groups excluding carboxylic acids is 1. The molecule has 3 rings (SSSR count). The molecule has 1 saturated heterocycles. The van der Waals surface area contributed by atoms with E-state index in [-0.39, 0.29) is 5.91 Å². The van der Waals surface area contributed by atoms with Crippen LogP contribution in [0.4, 0.5) is 0 Å². The van der Waals surface area contributed by atoms with Gasteiger partial charge in [-0.25, -0.2) is 0 Å². The Kier molecular flexibility index (Phi) is 5.59. The fourth-order valence-corrected chi connectivity index (χ4v) is 3.04. The summed E-state index contributed by atoms with van der Waals surface area (Å²) < 4.78 is 5.23. The van der Waals surface area contributed by atoms with Gasteiger partial charge in [0.2, 0.25) is 5.91 Å². The first kappa shape index (κ1) is 16.6. The number of nitrogens with zero attached hydrogens (tertiary/aromatic N) is 3. The van der Waals surface area contributed by atoms with Gasteiger partial charge in [-0.1, -0.05) is 30.3 Å². The monoisotopic (exact) mass is 328 g/mol. The Morgan fingerprint density at radius 2 is 2.21 bits per heavy atom. The van der Waals surface area contributed by atoms with E-state index in [0.717, 1.165) is 31.1 Å². The van der Waals surface area contributed by atoms with Crippen LogP contribution in [0.1, 0.15) is 32.0 Å². The summed E-state index contributed by atoms with van der Waals surface area (Å²) >= 11 is 0. The van der Waals surface area contributed by atoms with E-state index in [1.807, 2.05) is 30.3 Å². The molecule has 24 heavy (non-hydrogen) atoms. The predicted molar refractivity (Wildman–Crippen MR) is 91.0 cm³/mol. The number of amides is 1. The normalized spacial score (nSPS) is 18.5. The third kappa shape index (κ3) is 4.64. The predicted octanol–water partition coefficient (Wildman–Crippen LogP) is 2.47. The molecule has 1 aromatic carbocycles. The van der Waals surface area contributed by atoms with E-state index in [9.17, 15) is 4.79 Å². The van der Waals surface area contributed by atoms with Gasteiger partial charge >= 0.3 is 0 Å². The summed E-state index contributed by atoms with van der Waals surface area (Å²) in [5.41, 5.74) is 0.877.